The number of hydrogen-bond acceptors (Lipinski definition) is 4. The molecule has 25 heavy (non-hydrogen) atoms. The van der Waals surface area contributed by atoms with Crippen LogP contribution in [0, 0.1) is 13.8 Å². The van der Waals surface area contributed by atoms with Crippen LogP contribution in [0.2, 0.25) is 0 Å². The average molecular weight is 440 g/mol. The van der Waals surface area contributed by atoms with E-state index in [4.69, 9.17) is 0 Å². The molecule has 1 aromatic carbocycles. The predicted octanol–water partition coefficient (Wildman–Crippen LogP) is 3.89. The summed E-state index contributed by atoms with van der Waals surface area (Å²) in [5, 5.41) is 6.52. The van der Waals surface area contributed by atoms with Crippen LogP contribution in [-0.2, 0) is 10.0 Å². The fourth-order valence-corrected chi connectivity index (χ4v) is 5.53. The third-order valence-electron chi connectivity index (χ3n) is 3.80. The minimum absolute atomic E-state index is 0.189. The highest BCUT2D eigenvalue weighted by Crippen LogP contribution is 2.26. The Bertz CT molecular complexity index is 966. The first-order valence-corrected chi connectivity index (χ1v) is 10.8. The molecule has 8 heteroatoms. The highest BCUT2D eigenvalue weighted by Gasteiger charge is 2.23. The summed E-state index contributed by atoms with van der Waals surface area (Å²) in [6.07, 6.45) is 0. The van der Waals surface area contributed by atoms with E-state index in [-0.39, 0.29) is 17.5 Å². The number of nitrogens with one attached hydrogen (secondary N) is 1. The van der Waals surface area contributed by atoms with Crippen molar-refractivity contribution in [3.05, 3.63) is 68.6 Å². The molecule has 0 aliphatic heterocycles. The van der Waals surface area contributed by atoms with Gasteiger partial charge in [0.2, 0.25) is 10.0 Å². The quantitative estimate of drug-likeness (QED) is 0.633. The molecule has 0 saturated heterocycles. The van der Waals surface area contributed by atoms with Gasteiger partial charge in [-0.1, -0.05) is 18.2 Å². The molecule has 0 aliphatic rings. The predicted molar refractivity (Wildman–Crippen MR) is 103 cm³/mol. The number of sulfonamides is 1. The van der Waals surface area contributed by atoms with Crippen molar-refractivity contribution in [3.8, 4) is 0 Å². The number of thiophene rings is 1. The van der Waals surface area contributed by atoms with Crippen molar-refractivity contribution in [2.75, 3.05) is 6.54 Å². The molecule has 5 nitrogen and oxygen atoms in total. The summed E-state index contributed by atoms with van der Waals surface area (Å²) >= 11 is 4.89. The smallest absolute Gasteiger partial charge is 0.241 e. The number of rotatable bonds is 6. The molecular weight excluding hydrogens is 422 g/mol. The van der Waals surface area contributed by atoms with Crippen molar-refractivity contribution < 1.29 is 8.42 Å². The van der Waals surface area contributed by atoms with Crippen LogP contribution in [0.5, 0.6) is 0 Å². The van der Waals surface area contributed by atoms with Gasteiger partial charge >= 0.3 is 0 Å². The monoisotopic (exact) mass is 439 g/mol. The Hall–Kier alpha value is -1.48. The van der Waals surface area contributed by atoms with Crippen molar-refractivity contribution >= 4 is 37.3 Å². The number of aromatic nitrogens is 2. The first-order chi connectivity index (χ1) is 11.9. The second-order valence-electron chi connectivity index (χ2n) is 5.69. The molecule has 0 fully saturated rings. The van der Waals surface area contributed by atoms with E-state index in [0.717, 1.165) is 16.3 Å². The standard InChI is InChI=1S/C17H18BrN3O2S2/c1-12-10-13(2)21(20-12)15(16-7-5-9-24-16)11-19-25(22,23)17-8-4-3-6-14(17)18/h3-10,15,19H,11H2,1-2H3/t15-/m0/s1. The molecule has 0 unspecified atom stereocenters. The number of halogens is 1. The lowest BCUT2D eigenvalue weighted by Gasteiger charge is -2.19. The average Bonchev–Trinajstić information content (AvgIpc) is 3.18. The van der Waals surface area contributed by atoms with Crippen LogP contribution in [-0.4, -0.2) is 24.7 Å². The van der Waals surface area contributed by atoms with Gasteiger partial charge in [-0.25, -0.2) is 13.1 Å². The number of benzene rings is 1. The van der Waals surface area contributed by atoms with E-state index < -0.39 is 10.0 Å². The summed E-state index contributed by atoms with van der Waals surface area (Å²) in [6.45, 7) is 4.13. The van der Waals surface area contributed by atoms with E-state index in [1.165, 1.54) is 0 Å². The largest absolute Gasteiger partial charge is 0.260 e. The van der Waals surface area contributed by atoms with E-state index in [2.05, 4.69) is 25.8 Å². The number of nitrogens with zero attached hydrogens (tertiary/aromatic N) is 2. The van der Waals surface area contributed by atoms with Gasteiger partial charge in [-0.15, -0.1) is 11.3 Å². The molecule has 0 amide bonds. The minimum atomic E-state index is -3.62. The molecular formula is C17H18BrN3O2S2. The Labute approximate surface area is 159 Å². The maximum absolute atomic E-state index is 12.7. The van der Waals surface area contributed by atoms with Crippen molar-refractivity contribution in [2.24, 2.45) is 0 Å². The second kappa shape index (κ2) is 7.41. The van der Waals surface area contributed by atoms with E-state index in [0.29, 0.717) is 4.47 Å². The molecule has 2 heterocycles. The Morgan fingerprint density at radius 1 is 1.24 bits per heavy atom. The lowest BCUT2D eigenvalue weighted by molar-refractivity contribution is 0.499. The van der Waals surface area contributed by atoms with Crippen molar-refractivity contribution in [3.63, 3.8) is 0 Å². The lowest BCUT2D eigenvalue weighted by Crippen LogP contribution is -2.32. The van der Waals surface area contributed by atoms with Gasteiger partial charge in [0.1, 0.15) is 0 Å². The fourth-order valence-electron chi connectivity index (χ4n) is 2.68. The molecule has 1 N–H and O–H groups in total. The van der Waals surface area contributed by atoms with Crippen LogP contribution >= 0.6 is 27.3 Å². The topological polar surface area (TPSA) is 64.0 Å². The molecule has 2 aromatic heterocycles. The molecule has 3 aromatic rings. The van der Waals surface area contributed by atoms with Gasteiger partial charge in [0.05, 0.1) is 16.6 Å². The van der Waals surface area contributed by atoms with E-state index in [1.807, 2.05) is 42.1 Å². The summed E-state index contributed by atoms with van der Waals surface area (Å²) in [5.41, 5.74) is 1.91. The summed E-state index contributed by atoms with van der Waals surface area (Å²) in [6, 6.07) is 12.5. The SMILES string of the molecule is Cc1cc(C)n([C@@H](CNS(=O)(=O)c2ccccc2Br)c2cccs2)n1. The van der Waals surface area contributed by atoms with Crippen LogP contribution in [0.1, 0.15) is 22.3 Å². The maximum Gasteiger partial charge on any atom is 0.241 e. The molecule has 0 spiro atoms. The zero-order valence-electron chi connectivity index (χ0n) is 13.8. The van der Waals surface area contributed by atoms with Crippen LogP contribution in [0.25, 0.3) is 0 Å². The first kappa shape index (κ1) is 18.3. The molecule has 0 saturated carbocycles. The van der Waals surface area contributed by atoms with Gasteiger partial charge in [-0.3, -0.25) is 4.68 Å². The van der Waals surface area contributed by atoms with Gasteiger partial charge in [0, 0.05) is 21.6 Å². The fraction of sp³-hybridized carbons (Fsp3) is 0.235. The van der Waals surface area contributed by atoms with Gasteiger partial charge in [0.15, 0.2) is 0 Å². The second-order valence-corrected chi connectivity index (χ2v) is 9.25. The number of aryl methyl sites for hydroxylation is 2. The molecule has 132 valence electrons. The molecule has 0 bridgehead atoms. The van der Waals surface area contributed by atoms with Gasteiger partial charge in [-0.2, -0.15) is 5.10 Å². The summed E-state index contributed by atoms with van der Waals surface area (Å²) in [4.78, 5) is 1.29. The van der Waals surface area contributed by atoms with Gasteiger partial charge < -0.3 is 0 Å². The first-order valence-electron chi connectivity index (χ1n) is 7.69. The zero-order valence-corrected chi connectivity index (χ0v) is 17.0. The highest BCUT2D eigenvalue weighted by atomic mass is 79.9. The Kier molecular flexibility index (Phi) is 5.43. The minimum Gasteiger partial charge on any atom is -0.260 e. The highest BCUT2D eigenvalue weighted by molar-refractivity contribution is 9.10. The van der Waals surface area contributed by atoms with E-state index in [1.54, 1.807) is 35.6 Å². The summed E-state index contributed by atoms with van der Waals surface area (Å²) in [7, 11) is -3.62. The molecule has 3 rings (SSSR count). The van der Waals surface area contributed by atoms with Crippen molar-refractivity contribution in [2.45, 2.75) is 24.8 Å². The Morgan fingerprint density at radius 3 is 2.60 bits per heavy atom. The zero-order chi connectivity index (χ0) is 18.0. The summed E-state index contributed by atoms with van der Waals surface area (Å²) in [5.74, 6) is 0. The molecule has 0 radical (unpaired) electrons. The third kappa shape index (κ3) is 4.03. The van der Waals surface area contributed by atoms with Gasteiger partial charge in [-0.05, 0) is 59.4 Å². The van der Waals surface area contributed by atoms with Crippen LogP contribution in [0.3, 0.4) is 0 Å². The van der Waals surface area contributed by atoms with Crippen molar-refractivity contribution in [1.29, 1.82) is 0 Å². The summed E-state index contributed by atoms with van der Waals surface area (Å²) < 4.78 is 30.5. The van der Waals surface area contributed by atoms with Gasteiger partial charge in [0.25, 0.3) is 0 Å². The Morgan fingerprint density at radius 2 is 2.00 bits per heavy atom. The van der Waals surface area contributed by atoms with Crippen molar-refractivity contribution in [1.82, 2.24) is 14.5 Å². The molecule has 0 aliphatic carbocycles. The normalized spacial score (nSPS) is 13.1. The van der Waals surface area contributed by atoms with Crippen LogP contribution in [0.15, 0.2) is 57.2 Å². The van der Waals surface area contributed by atoms with E-state index in [9.17, 15) is 8.42 Å². The molecule has 1 atom stereocenters. The lowest BCUT2D eigenvalue weighted by atomic mass is 10.2. The third-order valence-corrected chi connectivity index (χ3v) is 7.21. The maximum atomic E-state index is 12.7. The number of hydrogen-bond donors (Lipinski definition) is 1. The van der Waals surface area contributed by atoms with Crippen LogP contribution in [0.4, 0.5) is 0 Å². The van der Waals surface area contributed by atoms with Crippen LogP contribution < -0.4 is 4.72 Å². The Balaban J connectivity index is 1.90. The van der Waals surface area contributed by atoms with E-state index >= 15 is 0 Å².